The van der Waals surface area contributed by atoms with Gasteiger partial charge in [-0.15, -0.1) is 0 Å². The Hall–Kier alpha value is -0.915. The summed E-state index contributed by atoms with van der Waals surface area (Å²) in [5.74, 6) is 0.980. The molecular formula is C9H13BO. The Morgan fingerprint density at radius 1 is 1.18 bits per heavy atom. The normalized spacial score (nSPS) is 9.73. The second-order valence-corrected chi connectivity index (χ2v) is 2.91. The van der Waals surface area contributed by atoms with Crippen molar-refractivity contribution in [3.8, 4) is 5.75 Å². The fraction of sp³-hybridized carbons (Fsp3) is 0.333. The largest absolute Gasteiger partial charge is 0.497 e. The van der Waals surface area contributed by atoms with Crippen molar-refractivity contribution in [3.63, 3.8) is 0 Å². The van der Waals surface area contributed by atoms with Crippen LogP contribution in [0.1, 0.15) is 11.1 Å². The van der Waals surface area contributed by atoms with Crippen molar-refractivity contribution >= 4 is 13.3 Å². The van der Waals surface area contributed by atoms with Gasteiger partial charge < -0.3 is 4.74 Å². The van der Waals surface area contributed by atoms with E-state index in [4.69, 9.17) is 4.74 Å². The minimum absolute atomic E-state index is 0.980. The summed E-state index contributed by atoms with van der Waals surface area (Å²) in [5, 5.41) is 0. The number of ether oxygens (including phenoxy) is 1. The predicted molar refractivity (Wildman–Crippen MR) is 50.6 cm³/mol. The number of benzene rings is 1. The lowest BCUT2D eigenvalue weighted by molar-refractivity contribution is 0.418. The first-order chi connectivity index (χ1) is 5.15. The Morgan fingerprint density at radius 2 is 1.73 bits per heavy atom. The average Bonchev–Trinajstić information content (AvgIpc) is 1.97. The molecule has 0 saturated heterocycles. The molecule has 0 aliphatic heterocycles. The summed E-state index contributed by atoms with van der Waals surface area (Å²) in [6.07, 6.45) is 0. The molecule has 0 spiro atoms. The van der Waals surface area contributed by atoms with E-state index < -0.39 is 0 Å². The van der Waals surface area contributed by atoms with Gasteiger partial charge in [0.15, 0.2) is 0 Å². The molecule has 58 valence electrons. The van der Waals surface area contributed by atoms with Crippen LogP contribution in [0.4, 0.5) is 0 Å². The van der Waals surface area contributed by atoms with Gasteiger partial charge in [0.25, 0.3) is 0 Å². The predicted octanol–water partition coefficient (Wildman–Crippen LogP) is 0.570. The molecule has 0 heterocycles. The molecule has 0 atom stereocenters. The maximum Gasteiger partial charge on any atom is 0.144 e. The summed E-state index contributed by atoms with van der Waals surface area (Å²) in [6, 6.07) is 4.22. The highest BCUT2D eigenvalue weighted by Gasteiger charge is 1.99. The van der Waals surface area contributed by atoms with E-state index in [0.717, 1.165) is 5.75 Å². The smallest absolute Gasteiger partial charge is 0.144 e. The summed E-state index contributed by atoms with van der Waals surface area (Å²) in [5.41, 5.74) is 3.81. The van der Waals surface area contributed by atoms with Crippen molar-refractivity contribution in [2.45, 2.75) is 13.8 Å². The van der Waals surface area contributed by atoms with Crippen molar-refractivity contribution in [1.82, 2.24) is 0 Å². The Kier molecular flexibility index (Phi) is 2.23. The van der Waals surface area contributed by atoms with Crippen LogP contribution in [0.3, 0.4) is 0 Å². The quantitative estimate of drug-likeness (QED) is 0.529. The van der Waals surface area contributed by atoms with Gasteiger partial charge in [-0.25, -0.2) is 0 Å². The Balaban J connectivity index is 3.21. The highest BCUT2D eigenvalue weighted by atomic mass is 16.5. The van der Waals surface area contributed by atoms with Crippen LogP contribution in [0.25, 0.3) is 0 Å². The lowest BCUT2D eigenvalue weighted by Gasteiger charge is -2.07. The zero-order chi connectivity index (χ0) is 8.43. The lowest BCUT2D eigenvalue weighted by Crippen LogP contribution is -2.08. The van der Waals surface area contributed by atoms with Gasteiger partial charge in [0.2, 0.25) is 0 Å². The van der Waals surface area contributed by atoms with Crippen LogP contribution in [-0.2, 0) is 0 Å². The van der Waals surface area contributed by atoms with Gasteiger partial charge in [-0.3, -0.25) is 0 Å². The number of hydrogen-bond acceptors (Lipinski definition) is 1. The second-order valence-electron chi connectivity index (χ2n) is 2.91. The van der Waals surface area contributed by atoms with E-state index in [1.54, 1.807) is 7.11 Å². The molecule has 0 aliphatic carbocycles. The molecule has 0 bridgehead atoms. The van der Waals surface area contributed by atoms with Crippen LogP contribution in [-0.4, -0.2) is 15.0 Å². The first-order valence-electron chi connectivity index (χ1n) is 3.77. The van der Waals surface area contributed by atoms with Gasteiger partial charge in [-0.1, -0.05) is 6.07 Å². The summed E-state index contributed by atoms with van der Waals surface area (Å²) in [6.45, 7) is 4.21. The van der Waals surface area contributed by atoms with Crippen molar-refractivity contribution in [2.24, 2.45) is 0 Å². The molecule has 1 rings (SSSR count). The molecule has 2 heteroatoms. The van der Waals surface area contributed by atoms with Gasteiger partial charge >= 0.3 is 0 Å². The molecule has 1 aromatic carbocycles. The van der Waals surface area contributed by atoms with Crippen LogP contribution in [0.5, 0.6) is 5.75 Å². The molecule has 0 aromatic heterocycles. The van der Waals surface area contributed by atoms with E-state index in [0.29, 0.717) is 0 Å². The third-order valence-corrected chi connectivity index (χ3v) is 2.01. The van der Waals surface area contributed by atoms with Gasteiger partial charge in [0.1, 0.15) is 13.6 Å². The highest BCUT2D eigenvalue weighted by molar-refractivity contribution is 6.34. The monoisotopic (exact) mass is 148 g/mol. The number of rotatable bonds is 1. The van der Waals surface area contributed by atoms with Crippen LogP contribution in [0.15, 0.2) is 12.1 Å². The standard InChI is InChI=1S/C9H13BO/c1-6-4-8(10)9(11-3)5-7(6)2/h4-5H,10H2,1-3H3. The molecule has 1 nitrogen and oxygen atoms in total. The second kappa shape index (κ2) is 2.99. The molecule has 0 fully saturated rings. The summed E-state index contributed by atoms with van der Waals surface area (Å²) in [7, 11) is 3.77. The third-order valence-electron chi connectivity index (χ3n) is 2.01. The molecule has 11 heavy (non-hydrogen) atoms. The summed E-state index contributed by atoms with van der Waals surface area (Å²) >= 11 is 0. The topological polar surface area (TPSA) is 9.23 Å². The Bertz CT molecular complexity index is 269. The van der Waals surface area contributed by atoms with E-state index in [-0.39, 0.29) is 0 Å². The van der Waals surface area contributed by atoms with Crippen molar-refractivity contribution in [3.05, 3.63) is 23.3 Å². The SMILES string of the molecule is Bc1cc(C)c(C)cc1OC. The molecule has 0 saturated carbocycles. The minimum Gasteiger partial charge on any atom is -0.497 e. The molecule has 0 unspecified atom stereocenters. The highest BCUT2D eigenvalue weighted by Crippen LogP contribution is 2.12. The molecular weight excluding hydrogens is 135 g/mol. The zero-order valence-corrected chi connectivity index (χ0v) is 7.56. The first kappa shape index (κ1) is 8.18. The minimum atomic E-state index is 0.980. The van der Waals surface area contributed by atoms with E-state index >= 15 is 0 Å². The van der Waals surface area contributed by atoms with Gasteiger partial charge in [-0.2, -0.15) is 0 Å². The van der Waals surface area contributed by atoms with Crippen molar-refractivity contribution in [1.29, 1.82) is 0 Å². The van der Waals surface area contributed by atoms with Crippen LogP contribution >= 0.6 is 0 Å². The van der Waals surface area contributed by atoms with Gasteiger partial charge in [0, 0.05) is 0 Å². The van der Waals surface area contributed by atoms with E-state index in [1.165, 1.54) is 16.6 Å². The third kappa shape index (κ3) is 1.56. The number of hydrogen-bond donors (Lipinski definition) is 0. The average molecular weight is 148 g/mol. The van der Waals surface area contributed by atoms with E-state index in [9.17, 15) is 0 Å². The Morgan fingerprint density at radius 3 is 2.27 bits per heavy atom. The first-order valence-corrected chi connectivity index (χ1v) is 3.77. The van der Waals surface area contributed by atoms with E-state index in [1.807, 2.05) is 0 Å². The van der Waals surface area contributed by atoms with Crippen LogP contribution < -0.4 is 10.2 Å². The lowest BCUT2D eigenvalue weighted by atomic mass is 9.91. The van der Waals surface area contributed by atoms with Gasteiger partial charge in [-0.05, 0) is 36.5 Å². The molecule has 0 aliphatic rings. The fourth-order valence-electron chi connectivity index (χ4n) is 1.15. The maximum atomic E-state index is 5.18. The Labute approximate surface area is 68.8 Å². The van der Waals surface area contributed by atoms with Crippen molar-refractivity contribution in [2.75, 3.05) is 7.11 Å². The van der Waals surface area contributed by atoms with Crippen LogP contribution in [0.2, 0.25) is 0 Å². The maximum absolute atomic E-state index is 5.18. The zero-order valence-electron chi connectivity index (χ0n) is 7.56. The number of aryl methyl sites for hydroxylation is 2. The van der Waals surface area contributed by atoms with Crippen molar-refractivity contribution < 1.29 is 4.74 Å². The van der Waals surface area contributed by atoms with Crippen LogP contribution in [0, 0.1) is 13.8 Å². The number of methoxy groups -OCH3 is 1. The summed E-state index contributed by atoms with van der Waals surface area (Å²) in [4.78, 5) is 0. The molecule has 1 aromatic rings. The summed E-state index contributed by atoms with van der Waals surface area (Å²) < 4.78 is 5.18. The van der Waals surface area contributed by atoms with Gasteiger partial charge in [0.05, 0.1) is 7.11 Å². The molecule has 0 N–H and O–H groups in total. The van der Waals surface area contributed by atoms with E-state index in [2.05, 4.69) is 33.8 Å². The molecule has 0 amide bonds. The fourth-order valence-corrected chi connectivity index (χ4v) is 1.15. The molecule has 0 radical (unpaired) electrons.